The molecular formula is C20H18N2O7. The summed E-state index contributed by atoms with van der Waals surface area (Å²) in [5.41, 5.74) is 0.424. The maximum absolute atomic E-state index is 12.9. The van der Waals surface area contributed by atoms with Crippen molar-refractivity contribution in [3.63, 3.8) is 0 Å². The lowest BCUT2D eigenvalue weighted by Crippen LogP contribution is -2.39. The minimum absolute atomic E-state index is 0.000122. The average Bonchev–Trinajstić information content (AvgIpc) is 2.76. The lowest BCUT2D eigenvalue weighted by atomic mass is 9.98. The Morgan fingerprint density at radius 1 is 0.966 bits per heavy atom. The second kappa shape index (κ2) is 8.87. The predicted molar refractivity (Wildman–Crippen MR) is 100 cm³/mol. The molecule has 0 aromatic heterocycles. The zero-order valence-corrected chi connectivity index (χ0v) is 15.5. The van der Waals surface area contributed by atoms with E-state index < -0.39 is 30.3 Å². The van der Waals surface area contributed by atoms with Crippen LogP contribution in [0.15, 0.2) is 42.5 Å². The number of hydrogen-bond acceptors (Lipinski definition) is 7. The summed E-state index contributed by atoms with van der Waals surface area (Å²) in [6.07, 6.45) is 0. The Hall–Kier alpha value is -3.88. The van der Waals surface area contributed by atoms with E-state index in [0.717, 1.165) is 0 Å². The van der Waals surface area contributed by atoms with Crippen LogP contribution in [0.5, 0.6) is 11.5 Å². The quantitative estimate of drug-likeness (QED) is 0.575. The largest absolute Gasteiger partial charge is 0.486 e. The number of esters is 1. The molecule has 1 aliphatic heterocycles. The van der Waals surface area contributed by atoms with Gasteiger partial charge in [0.05, 0.1) is 5.56 Å². The zero-order chi connectivity index (χ0) is 20.8. The van der Waals surface area contributed by atoms with Crippen LogP contribution in [-0.2, 0) is 9.53 Å². The third-order valence-corrected chi connectivity index (χ3v) is 4.01. The molecule has 1 heterocycles. The van der Waals surface area contributed by atoms with Crippen LogP contribution in [0.4, 0.5) is 4.79 Å². The summed E-state index contributed by atoms with van der Waals surface area (Å²) in [4.78, 5) is 48.0. The van der Waals surface area contributed by atoms with Crippen LogP contribution in [0.1, 0.15) is 26.3 Å². The van der Waals surface area contributed by atoms with Crippen molar-refractivity contribution in [2.75, 3.05) is 26.9 Å². The fourth-order valence-corrected chi connectivity index (χ4v) is 2.63. The van der Waals surface area contributed by atoms with Gasteiger partial charge in [-0.15, -0.1) is 0 Å². The predicted octanol–water partition coefficient (Wildman–Crippen LogP) is 1.30. The van der Waals surface area contributed by atoms with Gasteiger partial charge in [0.15, 0.2) is 23.9 Å². The number of ketones is 1. The van der Waals surface area contributed by atoms with E-state index in [9.17, 15) is 19.2 Å². The molecule has 0 saturated carbocycles. The minimum Gasteiger partial charge on any atom is -0.486 e. The summed E-state index contributed by atoms with van der Waals surface area (Å²) >= 11 is 0. The molecular weight excluding hydrogens is 380 g/mol. The molecule has 0 radical (unpaired) electrons. The van der Waals surface area contributed by atoms with Crippen molar-refractivity contribution in [1.29, 1.82) is 0 Å². The number of amides is 3. The number of ether oxygens (including phenoxy) is 3. The van der Waals surface area contributed by atoms with Gasteiger partial charge in [-0.1, -0.05) is 18.2 Å². The highest BCUT2D eigenvalue weighted by atomic mass is 16.6. The summed E-state index contributed by atoms with van der Waals surface area (Å²) in [7, 11) is 1.34. The zero-order valence-electron chi connectivity index (χ0n) is 15.5. The van der Waals surface area contributed by atoms with Crippen LogP contribution < -0.4 is 20.1 Å². The molecule has 0 aliphatic carbocycles. The molecule has 9 heteroatoms. The number of hydrogen-bond donors (Lipinski definition) is 2. The number of fused-ring (bicyclic) bond motifs is 1. The molecule has 150 valence electrons. The van der Waals surface area contributed by atoms with Crippen LogP contribution in [-0.4, -0.2) is 50.6 Å². The minimum atomic E-state index is -0.862. The van der Waals surface area contributed by atoms with Gasteiger partial charge < -0.3 is 19.5 Å². The van der Waals surface area contributed by atoms with Crippen molar-refractivity contribution >= 4 is 23.7 Å². The van der Waals surface area contributed by atoms with Crippen LogP contribution in [0.3, 0.4) is 0 Å². The Bertz CT molecular complexity index is 971. The van der Waals surface area contributed by atoms with E-state index in [-0.39, 0.29) is 11.1 Å². The van der Waals surface area contributed by atoms with Crippen molar-refractivity contribution < 1.29 is 33.4 Å². The molecule has 2 N–H and O–H groups in total. The van der Waals surface area contributed by atoms with Gasteiger partial charge in [0.2, 0.25) is 0 Å². The number of imide groups is 1. The van der Waals surface area contributed by atoms with E-state index in [1.807, 2.05) is 5.32 Å². The van der Waals surface area contributed by atoms with E-state index in [0.29, 0.717) is 30.3 Å². The molecule has 2 aromatic rings. The Balaban J connectivity index is 1.76. The first kappa shape index (κ1) is 19.9. The van der Waals surface area contributed by atoms with Gasteiger partial charge in [0.25, 0.3) is 5.91 Å². The van der Waals surface area contributed by atoms with Gasteiger partial charge in [0.1, 0.15) is 13.2 Å². The number of benzene rings is 2. The molecule has 3 amide bonds. The van der Waals surface area contributed by atoms with Crippen molar-refractivity contribution in [3.8, 4) is 11.5 Å². The number of carbonyl (C=O) groups is 4. The molecule has 1 aliphatic rings. The van der Waals surface area contributed by atoms with Crippen molar-refractivity contribution in [3.05, 3.63) is 59.2 Å². The average molecular weight is 398 g/mol. The van der Waals surface area contributed by atoms with Gasteiger partial charge in [0, 0.05) is 18.2 Å². The van der Waals surface area contributed by atoms with Gasteiger partial charge >= 0.3 is 12.0 Å². The van der Waals surface area contributed by atoms with Gasteiger partial charge in [-0.25, -0.2) is 9.59 Å². The first-order valence-electron chi connectivity index (χ1n) is 8.71. The fourth-order valence-electron chi connectivity index (χ4n) is 2.63. The van der Waals surface area contributed by atoms with Crippen LogP contribution >= 0.6 is 0 Å². The number of carbonyl (C=O) groups excluding carboxylic acids is 4. The third-order valence-electron chi connectivity index (χ3n) is 4.01. The molecule has 3 rings (SSSR count). The summed E-state index contributed by atoms with van der Waals surface area (Å²) in [5, 5.41) is 4.17. The molecule has 0 atom stereocenters. The fraction of sp³-hybridized carbons (Fsp3) is 0.200. The van der Waals surface area contributed by atoms with Crippen molar-refractivity contribution in [1.82, 2.24) is 10.6 Å². The maximum Gasteiger partial charge on any atom is 0.339 e. The van der Waals surface area contributed by atoms with Gasteiger partial charge in [-0.2, -0.15) is 0 Å². The van der Waals surface area contributed by atoms with Gasteiger partial charge in [-0.3, -0.25) is 14.9 Å². The summed E-state index contributed by atoms with van der Waals surface area (Å²) in [6, 6.07) is 10.1. The summed E-state index contributed by atoms with van der Waals surface area (Å²) in [5.74, 6) is -1.08. The van der Waals surface area contributed by atoms with Crippen LogP contribution in [0.2, 0.25) is 0 Å². The lowest BCUT2D eigenvalue weighted by Gasteiger charge is -2.18. The lowest BCUT2D eigenvalue weighted by molar-refractivity contribution is -0.123. The van der Waals surface area contributed by atoms with E-state index in [1.165, 1.54) is 19.2 Å². The molecule has 0 spiro atoms. The summed E-state index contributed by atoms with van der Waals surface area (Å²) in [6.45, 7) is 0.146. The maximum atomic E-state index is 12.9. The normalized spacial score (nSPS) is 11.9. The monoisotopic (exact) mass is 398 g/mol. The number of urea groups is 1. The highest BCUT2D eigenvalue weighted by Crippen LogP contribution is 2.31. The second-order valence-corrected chi connectivity index (χ2v) is 5.94. The van der Waals surface area contributed by atoms with E-state index >= 15 is 0 Å². The summed E-state index contributed by atoms with van der Waals surface area (Å²) < 4.78 is 15.9. The van der Waals surface area contributed by atoms with E-state index in [4.69, 9.17) is 14.2 Å². The van der Waals surface area contributed by atoms with Crippen molar-refractivity contribution in [2.45, 2.75) is 0 Å². The standard InChI is InChI=1S/C20H18N2O7/c1-21-20(26)22-17(23)11-29-19(25)14-5-3-2-4-13(14)18(24)12-6-7-15-16(10-12)28-9-8-27-15/h2-7,10H,8-9,11H2,1H3,(H2,21,22,23,26). The van der Waals surface area contributed by atoms with Crippen molar-refractivity contribution in [2.24, 2.45) is 0 Å². The highest BCUT2D eigenvalue weighted by molar-refractivity contribution is 6.14. The molecule has 29 heavy (non-hydrogen) atoms. The van der Waals surface area contributed by atoms with Gasteiger partial charge in [-0.05, 0) is 24.3 Å². The SMILES string of the molecule is CNC(=O)NC(=O)COC(=O)c1ccccc1C(=O)c1ccc2c(c1)OCCO2. The number of rotatable bonds is 5. The first-order valence-corrected chi connectivity index (χ1v) is 8.71. The van der Waals surface area contributed by atoms with E-state index in [2.05, 4.69) is 5.32 Å². The second-order valence-electron chi connectivity index (χ2n) is 5.94. The Kier molecular flexibility index (Phi) is 6.08. The first-order chi connectivity index (χ1) is 14.0. The molecule has 0 unspecified atom stereocenters. The van der Waals surface area contributed by atoms with Crippen LogP contribution in [0, 0.1) is 0 Å². The highest BCUT2D eigenvalue weighted by Gasteiger charge is 2.22. The topological polar surface area (TPSA) is 120 Å². The van der Waals surface area contributed by atoms with Crippen LogP contribution in [0.25, 0.3) is 0 Å². The molecule has 0 saturated heterocycles. The Morgan fingerprint density at radius 3 is 2.38 bits per heavy atom. The Morgan fingerprint density at radius 2 is 1.66 bits per heavy atom. The Labute approximate surface area is 165 Å². The van der Waals surface area contributed by atoms with E-state index in [1.54, 1.807) is 30.3 Å². The molecule has 2 aromatic carbocycles. The molecule has 0 fully saturated rings. The molecule has 0 bridgehead atoms. The number of nitrogens with one attached hydrogen (secondary N) is 2. The third kappa shape index (κ3) is 4.70. The smallest absolute Gasteiger partial charge is 0.339 e. The molecule has 9 nitrogen and oxygen atoms in total.